The largest absolute Gasteiger partial charge is 0.399 e. The average Bonchev–Trinajstić information content (AvgIpc) is 3.29. The zero-order valence-electron chi connectivity index (χ0n) is 12.7. The molecule has 1 fully saturated rings. The Bertz CT molecular complexity index is 915. The lowest BCUT2D eigenvalue weighted by Crippen LogP contribution is -2.03. The zero-order chi connectivity index (χ0) is 16.1. The maximum absolute atomic E-state index is 15.2. The highest BCUT2D eigenvalue weighted by molar-refractivity contribution is 6.33. The summed E-state index contributed by atoms with van der Waals surface area (Å²) >= 11 is 6.25. The number of rotatable bonds is 3. The average molecular weight is 331 g/mol. The molecule has 0 bridgehead atoms. The van der Waals surface area contributed by atoms with E-state index in [1.54, 1.807) is 29.1 Å². The van der Waals surface area contributed by atoms with Gasteiger partial charge in [-0.3, -0.25) is 4.68 Å². The van der Waals surface area contributed by atoms with Gasteiger partial charge >= 0.3 is 0 Å². The number of nitrogen functional groups attached to an aromatic ring is 1. The second-order valence-electron chi connectivity index (χ2n) is 5.90. The number of fused-ring (bicyclic) bond motifs is 1. The third kappa shape index (κ3) is 2.27. The molecule has 2 N–H and O–H groups in total. The molecule has 2 aromatic heterocycles. The third-order valence-corrected chi connectivity index (χ3v) is 4.57. The van der Waals surface area contributed by atoms with E-state index in [-0.39, 0.29) is 11.5 Å². The SMILES string of the molecule is CCc1nc(-c2cc(N)ccc2Cl)c(F)c2c1cnn2C1CC1. The normalized spacial score (nSPS) is 14.6. The molecular weight excluding hydrogens is 315 g/mol. The van der Waals surface area contributed by atoms with Crippen molar-refractivity contribution >= 4 is 28.2 Å². The number of hydrogen-bond acceptors (Lipinski definition) is 3. The summed E-state index contributed by atoms with van der Waals surface area (Å²) in [5.41, 5.74) is 8.47. The number of aryl methyl sites for hydroxylation is 1. The lowest BCUT2D eigenvalue weighted by molar-refractivity contribution is 0.602. The molecule has 0 radical (unpaired) electrons. The quantitative estimate of drug-likeness (QED) is 0.725. The second kappa shape index (κ2) is 5.20. The Morgan fingerprint density at radius 2 is 2.17 bits per heavy atom. The van der Waals surface area contributed by atoms with Gasteiger partial charge in [0.05, 0.1) is 23.0 Å². The fraction of sp³-hybridized carbons (Fsp3) is 0.294. The van der Waals surface area contributed by atoms with Crippen LogP contribution in [-0.4, -0.2) is 14.8 Å². The molecular formula is C17H16ClFN4. The van der Waals surface area contributed by atoms with Crippen LogP contribution in [0.3, 0.4) is 0 Å². The fourth-order valence-corrected chi connectivity index (χ4v) is 3.12. The Morgan fingerprint density at radius 1 is 1.39 bits per heavy atom. The topological polar surface area (TPSA) is 56.7 Å². The van der Waals surface area contributed by atoms with Gasteiger partial charge in [0.2, 0.25) is 0 Å². The standard InChI is InChI=1S/C17H16ClFN4/c1-2-14-12-8-21-23(10-4-5-10)17(12)15(19)16(22-14)11-7-9(20)3-6-13(11)18/h3,6-8,10H,2,4-5,20H2,1H3. The van der Waals surface area contributed by atoms with Crippen LogP contribution in [0.15, 0.2) is 24.4 Å². The first kappa shape index (κ1) is 14.5. The van der Waals surface area contributed by atoms with Gasteiger partial charge in [-0.25, -0.2) is 9.37 Å². The van der Waals surface area contributed by atoms with Crippen LogP contribution < -0.4 is 5.73 Å². The van der Waals surface area contributed by atoms with Crippen LogP contribution >= 0.6 is 11.6 Å². The van der Waals surface area contributed by atoms with Crippen molar-refractivity contribution < 1.29 is 4.39 Å². The van der Waals surface area contributed by atoms with Crippen molar-refractivity contribution in [3.8, 4) is 11.3 Å². The number of pyridine rings is 1. The molecule has 4 nitrogen and oxygen atoms in total. The minimum atomic E-state index is -0.380. The van der Waals surface area contributed by atoms with Crippen molar-refractivity contribution in [1.82, 2.24) is 14.8 Å². The van der Waals surface area contributed by atoms with Crippen LogP contribution in [0.5, 0.6) is 0 Å². The van der Waals surface area contributed by atoms with Crippen molar-refractivity contribution in [2.45, 2.75) is 32.2 Å². The summed E-state index contributed by atoms with van der Waals surface area (Å²) in [6.07, 6.45) is 4.48. The third-order valence-electron chi connectivity index (χ3n) is 4.24. The first-order valence-electron chi connectivity index (χ1n) is 7.71. The fourth-order valence-electron chi connectivity index (χ4n) is 2.92. The molecule has 3 aromatic rings. The molecule has 6 heteroatoms. The van der Waals surface area contributed by atoms with Gasteiger partial charge in [0.15, 0.2) is 5.82 Å². The molecule has 23 heavy (non-hydrogen) atoms. The summed E-state index contributed by atoms with van der Waals surface area (Å²) in [5, 5.41) is 5.59. The van der Waals surface area contributed by atoms with Crippen molar-refractivity contribution in [2.75, 3.05) is 5.73 Å². The van der Waals surface area contributed by atoms with E-state index in [1.165, 1.54) is 0 Å². The van der Waals surface area contributed by atoms with Gasteiger partial charge in [-0.15, -0.1) is 0 Å². The lowest BCUT2D eigenvalue weighted by atomic mass is 10.1. The van der Waals surface area contributed by atoms with Gasteiger partial charge in [-0.05, 0) is 37.5 Å². The Balaban J connectivity index is 2.05. The number of anilines is 1. The highest BCUT2D eigenvalue weighted by Crippen LogP contribution is 2.40. The zero-order valence-corrected chi connectivity index (χ0v) is 13.4. The van der Waals surface area contributed by atoms with Crippen LogP contribution in [0.4, 0.5) is 10.1 Å². The van der Waals surface area contributed by atoms with Crippen LogP contribution in [0.25, 0.3) is 22.2 Å². The maximum atomic E-state index is 15.2. The summed E-state index contributed by atoms with van der Waals surface area (Å²) in [7, 11) is 0. The minimum Gasteiger partial charge on any atom is -0.399 e. The van der Waals surface area contributed by atoms with Crippen molar-refractivity contribution in [3.05, 3.63) is 40.9 Å². The summed E-state index contributed by atoms with van der Waals surface area (Å²) < 4.78 is 17.0. The van der Waals surface area contributed by atoms with E-state index in [4.69, 9.17) is 17.3 Å². The Labute approximate surface area is 138 Å². The number of hydrogen-bond donors (Lipinski definition) is 1. The molecule has 0 aliphatic heterocycles. The monoisotopic (exact) mass is 330 g/mol. The number of nitrogens with two attached hydrogens (primary N) is 1. The molecule has 0 amide bonds. The summed E-state index contributed by atoms with van der Waals surface area (Å²) in [5.74, 6) is -0.380. The molecule has 2 heterocycles. The van der Waals surface area contributed by atoms with Crippen molar-refractivity contribution in [2.24, 2.45) is 0 Å². The second-order valence-corrected chi connectivity index (χ2v) is 6.30. The van der Waals surface area contributed by atoms with Crippen LogP contribution in [-0.2, 0) is 6.42 Å². The highest BCUT2D eigenvalue weighted by atomic mass is 35.5. The van der Waals surface area contributed by atoms with E-state index in [2.05, 4.69) is 10.1 Å². The summed E-state index contributed by atoms with van der Waals surface area (Å²) in [4.78, 5) is 4.52. The molecule has 118 valence electrons. The summed E-state index contributed by atoms with van der Waals surface area (Å²) in [6.45, 7) is 2.00. The first-order chi connectivity index (χ1) is 11.1. The Kier molecular flexibility index (Phi) is 3.27. The number of aromatic nitrogens is 3. The van der Waals surface area contributed by atoms with E-state index in [1.807, 2.05) is 6.92 Å². The molecule has 0 spiro atoms. The van der Waals surface area contributed by atoms with Crippen molar-refractivity contribution in [1.29, 1.82) is 0 Å². The number of nitrogens with zero attached hydrogens (tertiary/aromatic N) is 3. The molecule has 1 aliphatic rings. The Hall–Kier alpha value is -2.14. The van der Waals surface area contributed by atoms with Gasteiger partial charge in [0.25, 0.3) is 0 Å². The molecule has 1 aliphatic carbocycles. The lowest BCUT2D eigenvalue weighted by Gasteiger charge is -2.11. The Morgan fingerprint density at radius 3 is 2.87 bits per heavy atom. The maximum Gasteiger partial charge on any atom is 0.175 e. The van der Waals surface area contributed by atoms with E-state index >= 15 is 4.39 Å². The minimum absolute atomic E-state index is 0.244. The predicted octanol–water partition coefficient (Wildman–Crippen LogP) is 4.37. The molecule has 0 atom stereocenters. The van der Waals surface area contributed by atoms with E-state index in [9.17, 15) is 0 Å². The van der Waals surface area contributed by atoms with Crippen LogP contribution in [0, 0.1) is 5.82 Å². The van der Waals surface area contributed by atoms with E-state index in [0.717, 1.165) is 23.9 Å². The van der Waals surface area contributed by atoms with Crippen LogP contribution in [0.1, 0.15) is 31.5 Å². The van der Waals surface area contributed by atoms with Gasteiger partial charge in [-0.2, -0.15) is 5.10 Å². The van der Waals surface area contributed by atoms with Crippen LogP contribution in [0.2, 0.25) is 5.02 Å². The molecule has 0 saturated heterocycles. The van der Waals surface area contributed by atoms with Gasteiger partial charge in [0.1, 0.15) is 11.2 Å². The van der Waals surface area contributed by atoms with E-state index in [0.29, 0.717) is 34.3 Å². The molecule has 4 rings (SSSR count). The number of halogens is 2. The smallest absolute Gasteiger partial charge is 0.175 e. The van der Waals surface area contributed by atoms with Gasteiger partial charge < -0.3 is 5.73 Å². The predicted molar refractivity (Wildman–Crippen MR) is 90.0 cm³/mol. The van der Waals surface area contributed by atoms with Gasteiger partial charge in [0, 0.05) is 16.6 Å². The molecule has 1 aromatic carbocycles. The number of benzene rings is 1. The molecule has 1 saturated carbocycles. The molecule has 0 unspecified atom stereocenters. The highest BCUT2D eigenvalue weighted by Gasteiger charge is 2.29. The van der Waals surface area contributed by atoms with Gasteiger partial charge in [-0.1, -0.05) is 18.5 Å². The van der Waals surface area contributed by atoms with Crippen molar-refractivity contribution in [3.63, 3.8) is 0 Å². The first-order valence-corrected chi connectivity index (χ1v) is 8.09. The summed E-state index contributed by atoms with van der Waals surface area (Å²) in [6, 6.07) is 5.31. The van der Waals surface area contributed by atoms with E-state index < -0.39 is 0 Å².